The van der Waals surface area contributed by atoms with Gasteiger partial charge in [0.2, 0.25) is 0 Å². The van der Waals surface area contributed by atoms with E-state index < -0.39 is 0 Å². The summed E-state index contributed by atoms with van der Waals surface area (Å²) in [6.07, 6.45) is 14.1. The predicted octanol–water partition coefficient (Wildman–Crippen LogP) is 3.06. The highest BCUT2D eigenvalue weighted by atomic mass is 35.5. The quantitative estimate of drug-likeness (QED) is 0.270. The van der Waals surface area contributed by atoms with Gasteiger partial charge in [0.15, 0.2) is 0 Å². The molecule has 0 rings (SSSR count). The summed E-state index contributed by atoms with van der Waals surface area (Å²) in [5.41, 5.74) is 5.41. The summed E-state index contributed by atoms with van der Waals surface area (Å²) in [5, 5.41) is 10.2. The second-order valence-corrected chi connectivity index (χ2v) is 6.22. The minimum absolute atomic E-state index is 0. The Morgan fingerprint density at radius 3 is 1.39 bits per heavy atom. The van der Waals surface area contributed by atoms with E-state index in [2.05, 4.69) is 22.9 Å². The zero-order chi connectivity index (χ0) is 16.1. The predicted molar refractivity (Wildman–Crippen MR) is 107 cm³/mol. The lowest BCUT2D eigenvalue weighted by Gasteiger charge is -2.07. The van der Waals surface area contributed by atoms with Crippen LogP contribution in [0.1, 0.15) is 71.1 Å². The smallest absolute Gasteiger partial charge is 0.00772 e. The zero-order valence-corrected chi connectivity index (χ0v) is 16.3. The van der Waals surface area contributed by atoms with Crippen LogP contribution in [0, 0.1) is 0 Å². The largest absolute Gasteiger partial charge is 0.329 e. The van der Waals surface area contributed by atoms with Crippen LogP contribution in [0.5, 0.6) is 0 Å². The Labute approximate surface area is 151 Å². The number of nitrogens with one attached hydrogen (secondary N) is 3. The molecule has 0 aliphatic heterocycles. The van der Waals surface area contributed by atoms with Crippen molar-refractivity contribution in [2.45, 2.75) is 71.1 Å². The van der Waals surface area contributed by atoms with Crippen LogP contribution in [-0.2, 0) is 0 Å². The van der Waals surface area contributed by atoms with E-state index in [-0.39, 0.29) is 12.4 Å². The molecule has 0 aliphatic carbocycles. The number of nitrogens with two attached hydrogens (primary N) is 1. The highest BCUT2D eigenvalue weighted by molar-refractivity contribution is 5.85. The monoisotopic (exact) mass is 350 g/mol. The molecule has 0 spiro atoms. The third-order valence-electron chi connectivity index (χ3n) is 3.99. The average molecular weight is 351 g/mol. The summed E-state index contributed by atoms with van der Waals surface area (Å²) in [7, 11) is 0. The van der Waals surface area contributed by atoms with Crippen LogP contribution < -0.4 is 21.7 Å². The molecule has 5 N–H and O–H groups in total. The van der Waals surface area contributed by atoms with Crippen molar-refractivity contribution in [3.63, 3.8) is 0 Å². The lowest BCUT2D eigenvalue weighted by molar-refractivity contribution is 0.536. The number of unbranched alkanes of at least 4 members (excludes halogenated alkanes) is 9. The van der Waals surface area contributed by atoms with Gasteiger partial charge >= 0.3 is 0 Å². The van der Waals surface area contributed by atoms with Gasteiger partial charge in [-0.25, -0.2) is 0 Å². The summed E-state index contributed by atoms with van der Waals surface area (Å²) < 4.78 is 0. The molecule has 5 heteroatoms. The highest BCUT2D eigenvalue weighted by Crippen LogP contribution is 2.10. The summed E-state index contributed by atoms with van der Waals surface area (Å²) in [6.45, 7) is 9.26. The Balaban J connectivity index is 0. The molecule has 23 heavy (non-hydrogen) atoms. The molecular formula is C18H43ClN4. The molecule has 0 aromatic carbocycles. The summed E-state index contributed by atoms with van der Waals surface area (Å²) in [4.78, 5) is 0. The standard InChI is InChI=1S/C18H42N4.ClH/c1-2-3-4-5-6-7-8-9-10-11-13-20-15-17-22-18-16-21-14-12-19;/h20-22H,2-19H2,1H3;1H. The van der Waals surface area contributed by atoms with Crippen LogP contribution in [-0.4, -0.2) is 45.8 Å². The van der Waals surface area contributed by atoms with Gasteiger partial charge in [-0.05, 0) is 13.0 Å². The van der Waals surface area contributed by atoms with Gasteiger partial charge in [0.05, 0.1) is 0 Å². The molecule has 0 bridgehead atoms. The number of rotatable bonds is 19. The van der Waals surface area contributed by atoms with Gasteiger partial charge in [-0.2, -0.15) is 0 Å². The Kier molecular flexibility index (Phi) is 26.9. The maximum Gasteiger partial charge on any atom is 0.00772 e. The van der Waals surface area contributed by atoms with Gasteiger partial charge in [0.1, 0.15) is 0 Å². The van der Waals surface area contributed by atoms with E-state index in [4.69, 9.17) is 5.73 Å². The van der Waals surface area contributed by atoms with Gasteiger partial charge < -0.3 is 21.7 Å². The summed E-state index contributed by atoms with van der Waals surface area (Å²) in [6, 6.07) is 0. The van der Waals surface area contributed by atoms with E-state index in [0.717, 1.165) is 39.3 Å². The molecule has 0 unspecified atom stereocenters. The maximum atomic E-state index is 5.41. The molecule has 0 heterocycles. The molecule has 0 fully saturated rings. The Bertz CT molecular complexity index is 174. The second kappa shape index (κ2) is 24.4. The maximum absolute atomic E-state index is 5.41. The van der Waals surface area contributed by atoms with Crippen LogP contribution in [0.25, 0.3) is 0 Å². The lowest BCUT2D eigenvalue weighted by atomic mass is 10.1. The van der Waals surface area contributed by atoms with Gasteiger partial charge in [0.25, 0.3) is 0 Å². The molecule has 0 aliphatic rings. The molecular weight excluding hydrogens is 308 g/mol. The van der Waals surface area contributed by atoms with Gasteiger partial charge in [-0.3, -0.25) is 0 Å². The molecule has 4 nitrogen and oxygen atoms in total. The molecule has 0 amide bonds. The minimum Gasteiger partial charge on any atom is -0.329 e. The van der Waals surface area contributed by atoms with Crippen LogP contribution in [0.4, 0.5) is 0 Å². The molecule has 0 saturated carbocycles. The molecule has 0 aromatic rings. The fourth-order valence-corrected chi connectivity index (χ4v) is 2.57. The van der Waals surface area contributed by atoms with Crippen molar-refractivity contribution < 1.29 is 0 Å². The van der Waals surface area contributed by atoms with Gasteiger partial charge in [-0.1, -0.05) is 64.7 Å². The number of halogens is 1. The van der Waals surface area contributed by atoms with Crippen molar-refractivity contribution in [2.24, 2.45) is 5.73 Å². The lowest BCUT2D eigenvalue weighted by Crippen LogP contribution is -2.34. The fraction of sp³-hybridized carbons (Fsp3) is 1.00. The van der Waals surface area contributed by atoms with Crippen molar-refractivity contribution >= 4 is 12.4 Å². The van der Waals surface area contributed by atoms with Crippen LogP contribution in [0.3, 0.4) is 0 Å². The third-order valence-corrected chi connectivity index (χ3v) is 3.99. The van der Waals surface area contributed by atoms with E-state index in [0.29, 0.717) is 0 Å². The highest BCUT2D eigenvalue weighted by Gasteiger charge is 1.93. The first-order chi connectivity index (χ1) is 10.9. The van der Waals surface area contributed by atoms with Crippen LogP contribution in [0.2, 0.25) is 0 Å². The van der Waals surface area contributed by atoms with Crippen molar-refractivity contribution in [3.8, 4) is 0 Å². The van der Waals surface area contributed by atoms with Crippen molar-refractivity contribution in [2.75, 3.05) is 45.8 Å². The third kappa shape index (κ3) is 24.5. The molecule has 0 aromatic heterocycles. The summed E-state index contributed by atoms with van der Waals surface area (Å²) in [5.74, 6) is 0. The van der Waals surface area contributed by atoms with E-state index >= 15 is 0 Å². The number of hydrogen-bond donors (Lipinski definition) is 4. The minimum atomic E-state index is 0. The second-order valence-electron chi connectivity index (χ2n) is 6.22. The van der Waals surface area contributed by atoms with Crippen LogP contribution in [0.15, 0.2) is 0 Å². The first-order valence-corrected chi connectivity index (χ1v) is 9.74. The van der Waals surface area contributed by atoms with E-state index in [9.17, 15) is 0 Å². The molecule has 0 radical (unpaired) electrons. The Morgan fingerprint density at radius 2 is 0.913 bits per heavy atom. The first-order valence-electron chi connectivity index (χ1n) is 9.74. The van der Waals surface area contributed by atoms with E-state index in [1.54, 1.807) is 0 Å². The molecule has 0 saturated heterocycles. The SMILES string of the molecule is CCCCCCCCCCCCNCCNCCNCCN.Cl. The topological polar surface area (TPSA) is 62.1 Å². The molecule has 142 valence electrons. The molecule has 0 atom stereocenters. The van der Waals surface area contributed by atoms with Crippen molar-refractivity contribution in [1.82, 2.24) is 16.0 Å². The van der Waals surface area contributed by atoms with Crippen molar-refractivity contribution in [1.29, 1.82) is 0 Å². The normalized spacial score (nSPS) is 10.7. The summed E-state index contributed by atoms with van der Waals surface area (Å²) >= 11 is 0. The van der Waals surface area contributed by atoms with Gasteiger partial charge in [-0.15, -0.1) is 12.4 Å². The van der Waals surface area contributed by atoms with E-state index in [1.807, 2.05) is 0 Å². The van der Waals surface area contributed by atoms with Crippen LogP contribution >= 0.6 is 12.4 Å². The van der Waals surface area contributed by atoms with Crippen molar-refractivity contribution in [3.05, 3.63) is 0 Å². The number of hydrogen-bond acceptors (Lipinski definition) is 4. The zero-order valence-electron chi connectivity index (χ0n) is 15.5. The first kappa shape index (κ1) is 25.4. The van der Waals surface area contributed by atoms with E-state index in [1.165, 1.54) is 70.8 Å². The van der Waals surface area contributed by atoms with Gasteiger partial charge in [0, 0.05) is 39.3 Å². The Morgan fingerprint density at radius 1 is 0.522 bits per heavy atom. The average Bonchev–Trinajstić information content (AvgIpc) is 2.54. The Hall–Kier alpha value is 0.130. The fourth-order valence-electron chi connectivity index (χ4n) is 2.57.